The molecule has 1 heterocycles. The normalized spacial score (nSPS) is 11.2. The minimum absolute atomic E-state index is 0.361. The molecule has 2 rings (SSSR count). The van der Waals surface area contributed by atoms with E-state index in [1.807, 2.05) is 6.92 Å². The molecule has 0 saturated carbocycles. The van der Waals surface area contributed by atoms with Crippen LogP contribution in [0.4, 0.5) is 0 Å². The van der Waals surface area contributed by atoms with Crippen molar-refractivity contribution in [3.05, 3.63) is 28.6 Å². The molecule has 2 aromatic rings. The maximum Gasteiger partial charge on any atom is 0.297 e. The zero-order chi connectivity index (χ0) is 18.9. The minimum Gasteiger partial charge on any atom is -0.504 e. The minimum atomic E-state index is -0.589. The van der Waals surface area contributed by atoms with Crippen molar-refractivity contribution in [3.63, 3.8) is 0 Å². The van der Waals surface area contributed by atoms with Crippen LogP contribution in [0.1, 0.15) is 65.2 Å². The van der Waals surface area contributed by atoms with Crippen LogP contribution < -0.4 is 10.3 Å². The van der Waals surface area contributed by atoms with Crippen molar-refractivity contribution in [2.24, 2.45) is 0 Å². The lowest BCUT2D eigenvalue weighted by molar-refractivity contribution is 0.304. The number of nitrogens with zero attached hydrogens (tertiary/aromatic N) is 1. The van der Waals surface area contributed by atoms with Crippen molar-refractivity contribution in [3.8, 4) is 17.2 Å². The molecule has 0 unspecified atom stereocenters. The lowest BCUT2D eigenvalue weighted by Crippen LogP contribution is -2.20. The average Bonchev–Trinajstić information content (AvgIpc) is 2.65. The average molecular weight is 361 g/mol. The molecule has 0 radical (unpaired) electrons. The number of aromatic hydroxyl groups is 2. The number of hydrogen-bond acceptors (Lipinski definition) is 4. The Hall–Kier alpha value is -2.17. The molecule has 5 nitrogen and oxygen atoms in total. The summed E-state index contributed by atoms with van der Waals surface area (Å²) in [5, 5.41) is 20.5. The van der Waals surface area contributed by atoms with E-state index >= 15 is 0 Å². The number of benzene rings is 1. The Bertz CT molecular complexity index is 767. The largest absolute Gasteiger partial charge is 0.504 e. The molecule has 1 aromatic carbocycles. The predicted molar refractivity (Wildman–Crippen MR) is 105 cm³/mol. The second kappa shape index (κ2) is 10.1. The molecule has 0 amide bonds. The van der Waals surface area contributed by atoms with E-state index < -0.39 is 11.3 Å². The molecule has 0 fully saturated rings. The molecule has 0 aliphatic rings. The second-order valence-corrected chi connectivity index (χ2v) is 6.80. The number of aryl methyl sites for hydroxylation is 1. The van der Waals surface area contributed by atoms with Crippen LogP contribution in [0.3, 0.4) is 0 Å². The van der Waals surface area contributed by atoms with Crippen molar-refractivity contribution in [2.45, 2.75) is 71.8 Å². The summed E-state index contributed by atoms with van der Waals surface area (Å²) in [5.74, 6) is -0.268. The Kier molecular flexibility index (Phi) is 7.82. The highest BCUT2D eigenvalue weighted by molar-refractivity contribution is 5.88. The van der Waals surface area contributed by atoms with E-state index in [0.29, 0.717) is 29.8 Å². The van der Waals surface area contributed by atoms with Crippen molar-refractivity contribution in [1.29, 1.82) is 0 Å². The van der Waals surface area contributed by atoms with Gasteiger partial charge >= 0.3 is 0 Å². The van der Waals surface area contributed by atoms with Gasteiger partial charge in [0, 0.05) is 18.0 Å². The zero-order valence-electron chi connectivity index (χ0n) is 16.0. The van der Waals surface area contributed by atoms with Gasteiger partial charge in [-0.05, 0) is 25.0 Å². The van der Waals surface area contributed by atoms with E-state index in [4.69, 9.17) is 4.74 Å². The molecule has 0 bridgehead atoms. The Morgan fingerprint density at radius 1 is 0.923 bits per heavy atom. The molecule has 5 heteroatoms. The summed E-state index contributed by atoms with van der Waals surface area (Å²) in [7, 11) is 0. The van der Waals surface area contributed by atoms with Gasteiger partial charge in [-0.15, -0.1) is 0 Å². The third kappa shape index (κ3) is 4.93. The fourth-order valence-electron chi connectivity index (χ4n) is 3.10. The third-order valence-corrected chi connectivity index (χ3v) is 4.69. The molecule has 0 spiro atoms. The maximum absolute atomic E-state index is 12.3. The van der Waals surface area contributed by atoms with E-state index in [9.17, 15) is 15.0 Å². The standard InChI is InChI=1S/C21H31NO4/c1-3-5-7-8-9-10-14-26-16-11-12-17-18(15-16)22(13-6-4-2)21(25)20(24)19(17)23/h11-12,15,23-24H,3-10,13-14H2,1-2H3. The van der Waals surface area contributed by atoms with Crippen LogP contribution in [0.5, 0.6) is 17.2 Å². The number of fused-ring (bicyclic) bond motifs is 1. The SMILES string of the molecule is CCCCCCCCOc1ccc2c(O)c(O)c(=O)n(CCCC)c2c1. The Morgan fingerprint density at radius 2 is 1.62 bits per heavy atom. The van der Waals surface area contributed by atoms with Gasteiger partial charge in [-0.3, -0.25) is 4.79 Å². The molecule has 144 valence electrons. The van der Waals surface area contributed by atoms with E-state index in [0.717, 1.165) is 25.7 Å². The Labute approximate surface area is 155 Å². The number of hydrogen-bond donors (Lipinski definition) is 2. The van der Waals surface area contributed by atoms with E-state index in [1.54, 1.807) is 18.2 Å². The number of ether oxygens (including phenoxy) is 1. The summed E-state index contributed by atoms with van der Waals surface area (Å²) in [5.41, 5.74) is 0.0377. The molecular formula is C21H31NO4. The van der Waals surface area contributed by atoms with Crippen molar-refractivity contribution in [2.75, 3.05) is 6.61 Å². The second-order valence-electron chi connectivity index (χ2n) is 6.80. The summed E-state index contributed by atoms with van der Waals surface area (Å²) in [4.78, 5) is 12.3. The van der Waals surface area contributed by atoms with Crippen molar-refractivity contribution in [1.82, 2.24) is 4.57 Å². The molecule has 26 heavy (non-hydrogen) atoms. The lowest BCUT2D eigenvalue weighted by Gasteiger charge is -2.14. The summed E-state index contributed by atoms with van der Waals surface area (Å²) >= 11 is 0. The molecule has 1 aromatic heterocycles. The van der Waals surface area contributed by atoms with Crippen LogP contribution in [0.15, 0.2) is 23.0 Å². The topological polar surface area (TPSA) is 71.7 Å². The fourth-order valence-corrected chi connectivity index (χ4v) is 3.10. The summed E-state index contributed by atoms with van der Waals surface area (Å²) in [6.07, 6.45) is 8.96. The first-order chi connectivity index (χ1) is 12.6. The van der Waals surface area contributed by atoms with Crippen molar-refractivity contribution >= 4 is 10.9 Å². The van der Waals surface area contributed by atoms with Crippen LogP contribution >= 0.6 is 0 Å². The Morgan fingerprint density at radius 3 is 2.35 bits per heavy atom. The van der Waals surface area contributed by atoms with Crippen LogP contribution in [0, 0.1) is 0 Å². The smallest absolute Gasteiger partial charge is 0.297 e. The monoisotopic (exact) mass is 361 g/mol. The predicted octanol–water partition coefficient (Wildman–Crippen LogP) is 4.95. The summed E-state index contributed by atoms with van der Waals surface area (Å²) in [6.45, 7) is 5.39. The molecule has 0 aliphatic carbocycles. The first kappa shape index (κ1) is 20.1. The van der Waals surface area contributed by atoms with Gasteiger partial charge in [0.1, 0.15) is 5.75 Å². The van der Waals surface area contributed by atoms with Crippen molar-refractivity contribution < 1.29 is 14.9 Å². The van der Waals surface area contributed by atoms with Gasteiger partial charge in [0.05, 0.1) is 12.1 Å². The highest BCUT2D eigenvalue weighted by Crippen LogP contribution is 2.32. The van der Waals surface area contributed by atoms with Gasteiger partial charge in [-0.2, -0.15) is 0 Å². The first-order valence-corrected chi connectivity index (χ1v) is 9.81. The summed E-state index contributed by atoms with van der Waals surface area (Å²) < 4.78 is 7.35. The summed E-state index contributed by atoms with van der Waals surface area (Å²) in [6, 6.07) is 5.25. The van der Waals surface area contributed by atoms with Gasteiger partial charge in [0.25, 0.3) is 5.56 Å². The third-order valence-electron chi connectivity index (χ3n) is 4.69. The zero-order valence-corrected chi connectivity index (χ0v) is 16.0. The maximum atomic E-state index is 12.3. The van der Waals surface area contributed by atoms with Crippen LogP contribution in [-0.2, 0) is 6.54 Å². The molecule has 0 aliphatic heterocycles. The highest BCUT2D eigenvalue weighted by Gasteiger charge is 2.15. The quantitative estimate of drug-likeness (QED) is 0.555. The molecule has 2 N–H and O–H groups in total. The van der Waals surface area contributed by atoms with Crippen LogP contribution in [-0.4, -0.2) is 21.4 Å². The van der Waals surface area contributed by atoms with E-state index in [1.165, 1.54) is 30.3 Å². The number of aromatic nitrogens is 1. The van der Waals surface area contributed by atoms with Crippen LogP contribution in [0.2, 0.25) is 0 Å². The van der Waals surface area contributed by atoms with E-state index in [-0.39, 0.29) is 5.75 Å². The fraction of sp³-hybridized carbons (Fsp3) is 0.571. The highest BCUT2D eigenvalue weighted by atomic mass is 16.5. The van der Waals surface area contributed by atoms with Gasteiger partial charge < -0.3 is 19.5 Å². The molecular weight excluding hydrogens is 330 g/mol. The lowest BCUT2D eigenvalue weighted by atomic mass is 10.1. The number of rotatable bonds is 11. The van der Waals surface area contributed by atoms with Gasteiger partial charge in [-0.25, -0.2) is 0 Å². The van der Waals surface area contributed by atoms with E-state index in [2.05, 4.69) is 6.92 Å². The number of pyridine rings is 1. The van der Waals surface area contributed by atoms with Gasteiger partial charge in [0.15, 0.2) is 5.75 Å². The van der Waals surface area contributed by atoms with Gasteiger partial charge in [0.2, 0.25) is 5.75 Å². The Balaban J connectivity index is 2.13. The first-order valence-electron chi connectivity index (χ1n) is 9.81. The van der Waals surface area contributed by atoms with Gasteiger partial charge in [-0.1, -0.05) is 52.4 Å². The number of unbranched alkanes of at least 4 members (excludes halogenated alkanes) is 6. The van der Waals surface area contributed by atoms with Crippen LogP contribution in [0.25, 0.3) is 10.9 Å². The molecule has 0 saturated heterocycles. The molecule has 0 atom stereocenters.